The molecule has 0 aliphatic rings. The van der Waals surface area contributed by atoms with Gasteiger partial charge in [0.1, 0.15) is 5.76 Å². The highest BCUT2D eigenvalue weighted by Crippen LogP contribution is 2.24. The summed E-state index contributed by atoms with van der Waals surface area (Å²) in [5.41, 5.74) is 5.65. The Labute approximate surface area is 92.1 Å². The summed E-state index contributed by atoms with van der Waals surface area (Å²) < 4.78 is 5.29. The maximum atomic E-state index is 5.54. The number of nitrogens with one attached hydrogen (secondary N) is 1. The minimum absolute atomic E-state index is 0.0728. The second kappa shape index (κ2) is 4.57. The molecular formula is C10H13N3OS. The second-order valence-corrected chi connectivity index (χ2v) is 4.19. The van der Waals surface area contributed by atoms with E-state index in [4.69, 9.17) is 10.3 Å². The first-order valence-corrected chi connectivity index (χ1v) is 5.57. The molecule has 2 heterocycles. The van der Waals surface area contributed by atoms with Crippen molar-refractivity contribution in [1.82, 2.24) is 10.4 Å². The van der Waals surface area contributed by atoms with Gasteiger partial charge in [0.05, 0.1) is 23.5 Å². The minimum Gasteiger partial charge on any atom is -0.469 e. The van der Waals surface area contributed by atoms with E-state index < -0.39 is 0 Å². The molecule has 5 heteroatoms. The molecule has 0 radical (unpaired) electrons. The zero-order chi connectivity index (χ0) is 10.7. The van der Waals surface area contributed by atoms with Gasteiger partial charge in [-0.3, -0.25) is 11.3 Å². The average molecular weight is 223 g/mol. The Hall–Kier alpha value is -1.17. The zero-order valence-corrected chi connectivity index (χ0v) is 9.25. The normalized spacial score (nSPS) is 12.9. The van der Waals surface area contributed by atoms with Crippen LogP contribution >= 0.6 is 11.3 Å². The Kier molecular flexibility index (Phi) is 3.15. The third kappa shape index (κ3) is 2.26. The monoisotopic (exact) mass is 223 g/mol. The van der Waals surface area contributed by atoms with Crippen molar-refractivity contribution in [3.63, 3.8) is 0 Å². The quantitative estimate of drug-likeness (QED) is 0.612. The van der Waals surface area contributed by atoms with Gasteiger partial charge in [-0.2, -0.15) is 0 Å². The van der Waals surface area contributed by atoms with Gasteiger partial charge in [0.25, 0.3) is 0 Å². The molecule has 3 N–H and O–H groups in total. The standard InChI is InChI=1S/C10H13N3OS/c1-7-10(15-6-12-7)9(13-11)5-8-3-2-4-14-8/h2-4,6,9,13H,5,11H2,1H3. The Morgan fingerprint density at radius 1 is 1.67 bits per heavy atom. The lowest BCUT2D eigenvalue weighted by Crippen LogP contribution is -2.29. The van der Waals surface area contributed by atoms with Crippen LogP contribution in [0.1, 0.15) is 22.4 Å². The van der Waals surface area contributed by atoms with Crippen LogP contribution in [0.3, 0.4) is 0 Å². The van der Waals surface area contributed by atoms with Gasteiger partial charge in [-0.05, 0) is 19.1 Å². The smallest absolute Gasteiger partial charge is 0.105 e. The first kappa shape index (κ1) is 10.4. The number of hydrogen-bond acceptors (Lipinski definition) is 5. The molecule has 2 rings (SSSR count). The fourth-order valence-electron chi connectivity index (χ4n) is 1.50. The second-order valence-electron chi connectivity index (χ2n) is 3.30. The van der Waals surface area contributed by atoms with Crippen molar-refractivity contribution < 1.29 is 4.42 Å². The van der Waals surface area contributed by atoms with E-state index in [1.165, 1.54) is 0 Å². The first-order chi connectivity index (χ1) is 7.31. The van der Waals surface area contributed by atoms with Crippen molar-refractivity contribution >= 4 is 11.3 Å². The molecule has 4 nitrogen and oxygen atoms in total. The van der Waals surface area contributed by atoms with Crippen LogP contribution in [0.15, 0.2) is 28.3 Å². The summed E-state index contributed by atoms with van der Waals surface area (Å²) in [4.78, 5) is 5.37. The molecule has 0 bridgehead atoms. The molecule has 0 saturated carbocycles. The highest BCUT2D eigenvalue weighted by atomic mass is 32.1. The zero-order valence-electron chi connectivity index (χ0n) is 8.43. The van der Waals surface area contributed by atoms with Gasteiger partial charge >= 0.3 is 0 Å². The van der Waals surface area contributed by atoms with E-state index in [1.807, 2.05) is 24.6 Å². The molecule has 1 atom stereocenters. The molecule has 0 spiro atoms. The Morgan fingerprint density at radius 3 is 3.07 bits per heavy atom. The molecule has 15 heavy (non-hydrogen) atoms. The number of rotatable bonds is 4. The largest absolute Gasteiger partial charge is 0.469 e. The highest BCUT2D eigenvalue weighted by molar-refractivity contribution is 7.09. The van der Waals surface area contributed by atoms with Crippen LogP contribution in [0.2, 0.25) is 0 Å². The number of hydrogen-bond donors (Lipinski definition) is 2. The highest BCUT2D eigenvalue weighted by Gasteiger charge is 2.16. The molecule has 80 valence electrons. The number of aromatic nitrogens is 1. The van der Waals surface area contributed by atoms with E-state index >= 15 is 0 Å². The SMILES string of the molecule is Cc1ncsc1C(Cc1ccco1)NN. The molecular weight excluding hydrogens is 210 g/mol. The van der Waals surface area contributed by atoms with Crippen molar-refractivity contribution in [2.45, 2.75) is 19.4 Å². The lowest BCUT2D eigenvalue weighted by atomic mass is 10.1. The molecule has 2 aromatic rings. The van der Waals surface area contributed by atoms with Crippen molar-refractivity contribution in [2.24, 2.45) is 5.84 Å². The lowest BCUT2D eigenvalue weighted by Gasteiger charge is -2.12. The molecule has 0 aliphatic carbocycles. The van der Waals surface area contributed by atoms with Crippen LogP contribution < -0.4 is 11.3 Å². The average Bonchev–Trinajstić information content (AvgIpc) is 2.85. The third-order valence-electron chi connectivity index (χ3n) is 2.29. The molecule has 1 unspecified atom stereocenters. The van der Waals surface area contributed by atoms with Crippen molar-refractivity contribution in [1.29, 1.82) is 0 Å². The number of thiazole rings is 1. The molecule has 0 saturated heterocycles. The van der Waals surface area contributed by atoms with Gasteiger partial charge < -0.3 is 4.42 Å². The van der Waals surface area contributed by atoms with Gasteiger partial charge in [-0.1, -0.05) is 0 Å². The van der Waals surface area contributed by atoms with Crippen molar-refractivity contribution in [3.05, 3.63) is 40.2 Å². The number of aryl methyl sites for hydroxylation is 1. The number of hydrazine groups is 1. The van der Waals surface area contributed by atoms with Crippen LogP contribution in [-0.4, -0.2) is 4.98 Å². The number of nitrogens with two attached hydrogens (primary N) is 1. The van der Waals surface area contributed by atoms with Crippen LogP contribution in [0.5, 0.6) is 0 Å². The maximum Gasteiger partial charge on any atom is 0.105 e. The third-order valence-corrected chi connectivity index (χ3v) is 3.33. The van der Waals surface area contributed by atoms with E-state index in [9.17, 15) is 0 Å². The van der Waals surface area contributed by atoms with Crippen LogP contribution in [0, 0.1) is 6.92 Å². The van der Waals surface area contributed by atoms with E-state index in [-0.39, 0.29) is 6.04 Å². The van der Waals surface area contributed by atoms with Gasteiger partial charge in [-0.25, -0.2) is 4.98 Å². The summed E-state index contributed by atoms with van der Waals surface area (Å²) in [6.07, 6.45) is 2.41. The van der Waals surface area contributed by atoms with Crippen LogP contribution in [-0.2, 0) is 6.42 Å². The Bertz CT molecular complexity index is 410. The summed E-state index contributed by atoms with van der Waals surface area (Å²) in [7, 11) is 0. The molecule has 2 aromatic heterocycles. The van der Waals surface area contributed by atoms with E-state index in [0.717, 1.165) is 22.8 Å². The predicted octanol–water partition coefficient (Wildman–Crippen LogP) is 1.79. The summed E-state index contributed by atoms with van der Waals surface area (Å²) >= 11 is 1.61. The van der Waals surface area contributed by atoms with Crippen molar-refractivity contribution in [2.75, 3.05) is 0 Å². The van der Waals surface area contributed by atoms with Gasteiger partial charge in [0.15, 0.2) is 0 Å². The summed E-state index contributed by atoms with van der Waals surface area (Å²) in [6.45, 7) is 1.98. The molecule has 0 amide bonds. The topological polar surface area (TPSA) is 64.1 Å². The Morgan fingerprint density at radius 2 is 2.53 bits per heavy atom. The Balaban J connectivity index is 2.15. The lowest BCUT2D eigenvalue weighted by molar-refractivity contribution is 0.457. The van der Waals surface area contributed by atoms with Crippen LogP contribution in [0.25, 0.3) is 0 Å². The van der Waals surface area contributed by atoms with Crippen LogP contribution in [0.4, 0.5) is 0 Å². The predicted molar refractivity (Wildman–Crippen MR) is 59.3 cm³/mol. The number of furan rings is 1. The first-order valence-electron chi connectivity index (χ1n) is 4.69. The van der Waals surface area contributed by atoms with Crippen molar-refractivity contribution in [3.8, 4) is 0 Å². The maximum absolute atomic E-state index is 5.54. The van der Waals surface area contributed by atoms with E-state index in [1.54, 1.807) is 17.6 Å². The molecule has 0 aliphatic heterocycles. The number of nitrogens with zero attached hydrogens (tertiary/aromatic N) is 1. The summed E-state index contributed by atoms with van der Waals surface area (Å²) in [6, 6.07) is 3.90. The van der Waals surface area contributed by atoms with Gasteiger partial charge in [0.2, 0.25) is 0 Å². The molecule has 0 fully saturated rings. The summed E-state index contributed by atoms with van der Waals surface area (Å²) in [5, 5.41) is 0. The van der Waals surface area contributed by atoms with E-state index in [0.29, 0.717) is 0 Å². The van der Waals surface area contributed by atoms with E-state index in [2.05, 4.69) is 10.4 Å². The van der Waals surface area contributed by atoms with Gasteiger partial charge in [0, 0.05) is 11.3 Å². The fourth-order valence-corrected chi connectivity index (χ4v) is 2.37. The van der Waals surface area contributed by atoms with Gasteiger partial charge in [-0.15, -0.1) is 11.3 Å². The molecule has 0 aromatic carbocycles. The minimum atomic E-state index is 0.0728. The fraction of sp³-hybridized carbons (Fsp3) is 0.300. The summed E-state index contributed by atoms with van der Waals surface area (Å²) in [5.74, 6) is 6.46.